The lowest BCUT2D eigenvalue weighted by molar-refractivity contribution is -0.121. The third-order valence-corrected chi connectivity index (χ3v) is 3.02. The smallest absolute Gasteiger partial charge is 0.220 e. The minimum Gasteiger partial charge on any atom is -0.492 e. The number of hydrogen-bond donors (Lipinski definition) is 2. The lowest BCUT2D eigenvalue weighted by Gasteiger charge is -2.08. The molecule has 0 radical (unpaired) electrons. The molecule has 0 fully saturated rings. The highest BCUT2D eigenvalue weighted by molar-refractivity contribution is 5.83. The molecule has 4 heteroatoms. The van der Waals surface area contributed by atoms with E-state index in [-0.39, 0.29) is 5.91 Å². The number of hydrogen-bond acceptors (Lipinski definition) is 3. The largest absolute Gasteiger partial charge is 0.492 e. The van der Waals surface area contributed by atoms with Gasteiger partial charge in [0.1, 0.15) is 12.4 Å². The van der Waals surface area contributed by atoms with Gasteiger partial charge in [-0.1, -0.05) is 30.3 Å². The minimum absolute atomic E-state index is 0.0255. The first-order valence-corrected chi connectivity index (χ1v) is 6.88. The van der Waals surface area contributed by atoms with E-state index in [4.69, 9.17) is 10.5 Å². The van der Waals surface area contributed by atoms with Gasteiger partial charge < -0.3 is 15.8 Å². The summed E-state index contributed by atoms with van der Waals surface area (Å²) in [6.45, 7) is 1.52. The van der Waals surface area contributed by atoms with Crippen LogP contribution < -0.4 is 15.8 Å². The molecule has 2 aromatic rings. The maximum Gasteiger partial charge on any atom is 0.220 e. The summed E-state index contributed by atoms with van der Waals surface area (Å²) in [5.74, 6) is 0.845. The molecule has 0 aliphatic heterocycles. The standard InChI is InChI=1S/C16H20N2O2/c17-9-3-6-16(19)18-10-11-20-15-8-7-13-4-1-2-5-14(13)12-15/h1-2,4-5,7-8,12H,3,6,9-11,17H2,(H,18,19). The normalized spacial score (nSPS) is 10.4. The summed E-state index contributed by atoms with van der Waals surface area (Å²) in [7, 11) is 0. The molecule has 2 rings (SSSR count). The lowest BCUT2D eigenvalue weighted by atomic mass is 10.1. The van der Waals surface area contributed by atoms with Crippen LogP contribution >= 0.6 is 0 Å². The fourth-order valence-electron chi connectivity index (χ4n) is 1.97. The van der Waals surface area contributed by atoms with Crippen molar-refractivity contribution in [1.29, 1.82) is 0 Å². The Morgan fingerprint density at radius 2 is 1.95 bits per heavy atom. The highest BCUT2D eigenvalue weighted by atomic mass is 16.5. The number of rotatable bonds is 7. The summed E-state index contributed by atoms with van der Waals surface area (Å²) in [4.78, 5) is 11.4. The number of amides is 1. The van der Waals surface area contributed by atoms with E-state index in [9.17, 15) is 4.79 Å². The fourth-order valence-corrected chi connectivity index (χ4v) is 1.97. The topological polar surface area (TPSA) is 64.4 Å². The van der Waals surface area contributed by atoms with Crippen molar-refractivity contribution in [2.75, 3.05) is 19.7 Å². The lowest BCUT2D eigenvalue weighted by Crippen LogP contribution is -2.28. The van der Waals surface area contributed by atoms with Gasteiger partial charge in [-0.2, -0.15) is 0 Å². The Balaban J connectivity index is 1.77. The van der Waals surface area contributed by atoms with Crippen LogP contribution in [0.5, 0.6) is 5.75 Å². The summed E-state index contributed by atoms with van der Waals surface area (Å²) in [6.07, 6.45) is 1.20. The van der Waals surface area contributed by atoms with Crippen molar-refractivity contribution in [3.05, 3.63) is 42.5 Å². The SMILES string of the molecule is NCCCC(=O)NCCOc1ccc2ccccc2c1. The van der Waals surface area contributed by atoms with Crippen LogP contribution in [0, 0.1) is 0 Å². The van der Waals surface area contributed by atoms with Crippen molar-refractivity contribution in [3.8, 4) is 5.75 Å². The molecule has 0 saturated heterocycles. The van der Waals surface area contributed by atoms with Crippen LogP contribution in [0.15, 0.2) is 42.5 Å². The first kappa shape index (κ1) is 14.3. The molecule has 0 heterocycles. The minimum atomic E-state index is 0.0255. The summed E-state index contributed by atoms with van der Waals surface area (Å²) in [6, 6.07) is 14.1. The Bertz CT molecular complexity index is 569. The van der Waals surface area contributed by atoms with E-state index < -0.39 is 0 Å². The van der Waals surface area contributed by atoms with Crippen molar-refractivity contribution in [2.24, 2.45) is 5.73 Å². The molecule has 0 bridgehead atoms. The molecule has 3 N–H and O–H groups in total. The van der Waals surface area contributed by atoms with E-state index >= 15 is 0 Å². The van der Waals surface area contributed by atoms with Gasteiger partial charge in [0.2, 0.25) is 5.91 Å². The zero-order valence-corrected chi connectivity index (χ0v) is 11.5. The Labute approximate surface area is 118 Å². The number of ether oxygens (including phenoxy) is 1. The number of benzene rings is 2. The van der Waals surface area contributed by atoms with Crippen LogP contribution in [0.25, 0.3) is 10.8 Å². The van der Waals surface area contributed by atoms with Crippen molar-refractivity contribution >= 4 is 16.7 Å². The van der Waals surface area contributed by atoms with Crippen molar-refractivity contribution < 1.29 is 9.53 Å². The number of carbonyl (C=O) groups excluding carboxylic acids is 1. The molecular weight excluding hydrogens is 252 g/mol. The molecule has 0 aliphatic rings. The van der Waals surface area contributed by atoms with Crippen LogP contribution in [0.3, 0.4) is 0 Å². The Hall–Kier alpha value is -2.07. The summed E-state index contributed by atoms with van der Waals surface area (Å²) < 4.78 is 5.63. The Kier molecular flexibility index (Phi) is 5.38. The van der Waals surface area contributed by atoms with E-state index in [1.807, 2.05) is 30.3 Å². The Morgan fingerprint density at radius 3 is 2.75 bits per heavy atom. The predicted octanol–water partition coefficient (Wildman–Crippen LogP) is 2.07. The van der Waals surface area contributed by atoms with Gasteiger partial charge in [-0.15, -0.1) is 0 Å². The maximum atomic E-state index is 11.4. The molecule has 1 amide bonds. The van der Waals surface area contributed by atoms with Crippen molar-refractivity contribution in [1.82, 2.24) is 5.32 Å². The van der Waals surface area contributed by atoms with Gasteiger partial charge in [0.05, 0.1) is 6.54 Å². The summed E-state index contributed by atoms with van der Waals surface area (Å²) >= 11 is 0. The highest BCUT2D eigenvalue weighted by Gasteiger charge is 2.00. The van der Waals surface area contributed by atoms with E-state index in [0.29, 0.717) is 26.1 Å². The quantitative estimate of drug-likeness (QED) is 0.758. The predicted molar refractivity (Wildman–Crippen MR) is 80.7 cm³/mol. The first-order chi connectivity index (χ1) is 9.79. The van der Waals surface area contributed by atoms with Gasteiger partial charge in [0, 0.05) is 6.42 Å². The van der Waals surface area contributed by atoms with Crippen molar-refractivity contribution in [3.63, 3.8) is 0 Å². The second-order valence-corrected chi connectivity index (χ2v) is 4.60. The highest BCUT2D eigenvalue weighted by Crippen LogP contribution is 2.20. The van der Waals surface area contributed by atoms with E-state index in [2.05, 4.69) is 17.4 Å². The second-order valence-electron chi connectivity index (χ2n) is 4.60. The molecule has 2 aromatic carbocycles. The number of nitrogens with two attached hydrogens (primary N) is 1. The van der Waals surface area contributed by atoms with Crippen LogP contribution in [0.2, 0.25) is 0 Å². The van der Waals surface area contributed by atoms with Gasteiger partial charge in [0.25, 0.3) is 0 Å². The summed E-state index contributed by atoms with van der Waals surface area (Å²) in [5.41, 5.74) is 5.35. The monoisotopic (exact) mass is 272 g/mol. The third kappa shape index (κ3) is 4.24. The van der Waals surface area contributed by atoms with Gasteiger partial charge in [-0.25, -0.2) is 0 Å². The van der Waals surface area contributed by atoms with E-state index in [0.717, 1.165) is 17.6 Å². The van der Waals surface area contributed by atoms with E-state index in [1.165, 1.54) is 5.39 Å². The third-order valence-electron chi connectivity index (χ3n) is 3.02. The average Bonchev–Trinajstić information content (AvgIpc) is 2.49. The second kappa shape index (κ2) is 7.50. The fraction of sp³-hybridized carbons (Fsp3) is 0.312. The molecule has 0 spiro atoms. The molecule has 0 saturated carbocycles. The van der Waals surface area contributed by atoms with Crippen molar-refractivity contribution in [2.45, 2.75) is 12.8 Å². The molecule has 0 unspecified atom stereocenters. The molecule has 20 heavy (non-hydrogen) atoms. The molecule has 0 atom stereocenters. The molecule has 106 valence electrons. The van der Waals surface area contributed by atoms with Crippen LogP contribution in [0.4, 0.5) is 0 Å². The number of fused-ring (bicyclic) bond motifs is 1. The van der Waals surface area contributed by atoms with Gasteiger partial charge in [0.15, 0.2) is 0 Å². The number of nitrogens with one attached hydrogen (secondary N) is 1. The zero-order valence-electron chi connectivity index (χ0n) is 11.5. The maximum absolute atomic E-state index is 11.4. The first-order valence-electron chi connectivity index (χ1n) is 6.88. The van der Waals surface area contributed by atoms with Crippen LogP contribution in [-0.4, -0.2) is 25.6 Å². The van der Waals surface area contributed by atoms with Gasteiger partial charge in [-0.3, -0.25) is 4.79 Å². The summed E-state index contributed by atoms with van der Waals surface area (Å²) in [5, 5.41) is 5.15. The molecule has 4 nitrogen and oxygen atoms in total. The molecule has 0 aliphatic carbocycles. The van der Waals surface area contributed by atoms with Gasteiger partial charge >= 0.3 is 0 Å². The molecule has 0 aromatic heterocycles. The average molecular weight is 272 g/mol. The van der Waals surface area contributed by atoms with E-state index in [1.54, 1.807) is 0 Å². The molecular formula is C16H20N2O2. The Morgan fingerprint density at radius 1 is 1.15 bits per heavy atom. The number of carbonyl (C=O) groups is 1. The van der Waals surface area contributed by atoms with Gasteiger partial charge in [-0.05, 0) is 35.9 Å². The van der Waals surface area contributed by atoms with Crippen LogP contribution in [0.1, 0.15) is 12.8 Å². The zero-order chi connectivity index (χ0) is 14.2. The van der Waals surface area contributed by atoms with Crippen LogP contribution in [-0.2, 0) is 4.79 Å².